The molecule has 0 atom stereocenters. The van der Waals surface area contributed by atoms with E-state index in [0.717, 1.165) is 44.8 Å². The summed E-state index contributed by atoms with van der Waals surface area (Å²) in [6.45, 7) is 5.88. The van der Waals surface area contributed by atoms with E-state index in [0.29, 0.717) is 65.2 Å². The van der Waals surface area contributed by atoms with E-state index < -0.39 is 6.03 Å². The standard InChI is InChI=1S/C32H32ClFN4O6/c33-24-18-23(37-32(39)36-20-21-2-4-22(34)5-3-21)6-7-26(24)44-27-8-9-35-25-19-28(30-31(29(25)27)43-17-16-42-30)41-13-1-10-38-11-14-40-15-12-38/h2-9,18-19H,1,10-17,20H2,(H2,36,37,39). The van der Waals surface area contributed by atoms with Crippen molar-refractivity contribution in [3.63, 3.8) is 0 Å². The zero-order valence-electron chi connectivity index (χ0n) is 23.9. The Labute approximate surface area is 259 Å². The molecule has 2 N–H and O–H groups in total. The first-order chi connectivity index (χ1) is 21.5. The van der Waals surface area contributed by atoms with Gasteiger partial charge < -0.3 is 34.3 Å². The van der Waals surface area contributed by atoms with Gasteiger partial charge in [-0.25, -0.2) is 9.18 Å². The lowest BCUT2D eigenvalue weighted by molar-refractivity contribution is 0.0357. The zero-order valence-corrected chi connectivity index (χ0v) is 24.7. The first-order valence-electron chi connectivity index (χ1n) is 14.4. The quantitative estimate of drug-likeness (QED) is 0.207. The van der Waals surface area contributed by atoms with Crippen LogP contribution in [-0.4, -0.2) is 68.6 Å². The number of fused-ring (bicyclic) bond motifs is 3. The highest BCUT2D eigenvalue weighted by molar-refractivity contribution is 6.32. The molecule has 10 nitrogen and oxygen atoms in total. The van der Waals surface area contributed by atoms with Crippen molar-refractivity contribution in [3.05, 3.63) is 77.2 Å². The highest BCUT2D eigenvalue weighted by atomic mass is 35.5. The summed E-state index contributed by atoms with van der Waals surface area (Å²) >= 11 is 6.56. The Balaban J connectivity index is 1.14. The molecular weight excluding hydrogens is 591 g/mol. The molecule has 3 heterocycles. The molecule has 44 heavy (non-hydrogen) atoms. The van der Waals surface area contributed by atoms with Crippen LogP contribution in [-0.2, 0) is 11.3 Å². The molecule has 12 heteroatoms. The smallest absolute Gasteiger partial charge is 0.319 e. The summed E-state index contributed by atoms with van der Waals surface area (Å²) in [4.78, 5) is 19.3. The molecule has 1 saturated heterocycles. The lowest BCUT2D eigenvalue weighted by atomic mass is 10.1. The van der Waals surface area contributed by atoms with Gasteiger partial charge >= 0.3 is 6.03 Å². The number of pyridine rings is 1. The van der Waals surface area contributed by atoms with Gasteiger partial charge in [-0.05, 0) is 48.4 Å². The van der Waals surface area contributed by atoms with Gasteiger partial charge in [0.05, 0.1) is 35.7 Å². The Kier molecular flexibility index (Phi) is 9.45. The molecule has 2 amide bonds. The maximum atomic E-state index is 13.1. The minimum absolute atomic E-state index is 0.244. The molecule has 1 aromatic heterocycles. The van der Waals surface area contributed by atoms with Crippen molar-refractivity contribution in [2.75, 3.05) is 58.0 Å². The number of halogens is 2. The number of carbonyl (C=O) groups excluding carboxylic acids is 1. The maximum absolute atomic E-state index is 13.1. The fraction of sp³-hybridized carbons (Fsp3) is 0.312. The lowest BCUT2D eigenvalue weighted by Gasteiger charge is -2.26. The van der Waals surface area contributed by atoms with Crippen LogP contribution >= 0.6 is 11.6 Å². The van der Waals surface area contributed by atoms with Gasteiger partial charge in [0, 0.05) is 44.1 Å². The monoisotopic (exact) mass is 622 g/mol. The molecule has 3 aromatic carbocycles. The van der Waals surface area contributed by atoms with Gasteiger partial charge in [-0.2, -0.15) is 0 Å². The Morgan fingerprint density at radius 1 is 0.955 bits per heavy atom. The highest BCUT2D eigenvalue weighted by Crippen LogP contribution is 2.49. The third-order valence-electron chi connectivity index (χ3n) is 7.20. The number of aromatic nitrogens is 1. The summed E-state index contributed by atoms with van der Waals surface area (Å²) in [5.74, 6) is 2.13. The van der Waals surface area contributed by atoms with E-state index in [4.69, 9.17) is 35.3 Å². The Morgan fingerprint density at radius 3 is 2.55 bits per heavy atom. The third-order valence-corrected chi connectivity index (χ3v) is 7.49. The number of nitrogens with one attached hydrogen (secondary N) is 2. The molecule has 230 valence electrons. The van der Waals surface area contributed by atoms with E-state index in [1.165, 1.54) is 12.1 Å². The fourth-order valence-corrected chi connectivity index (χ4v) is 5.22. The number of hydrogen-bond donors (Lipinski definition) is 2. The first-order valence-corrected chi connectivity index (χ1v) is 14.8. The van der Waals surface area contributed by atoms with Gasteiger partial charge in [0.2, 0.25) is 5.75 Å². The molecule has 0 spiro atoms. The van der Waals surface area contributed by atoms with Crippen LogP contribution in [0, 0.1) is 5.82 Å². The molecule has 2 aliphatic rings. The van der Waals surface area contributed by atoms with Crippen molar-refractivity contribution in [1.82, 2.24) is 15.2 Å². The molecule has 0 bridgehead atoms. The molecule has 0 radical (unpaired) electrons. The van der Waals surface area contributed by atoms with Crippen LogP contribution in [0.15, 0.2) is 60.8 Å². The van der Waals surface area contributed by atoms with Gasteiger partial charge in [-0.15, -0.1) is 0 Å². The Morgan fingerprint density at radius 2 is 1.75 bits per heavy atom. The number of nitrogens with zero attached hydrogens (tertiary/aromatic N) is 2. The van der Waals surface area contributed by atoms with E-state index in [-0.39, 0.29) is 17.4 Å². The summed E-state index contributed by atoms with van der Waals surface area (Å²) in [6.07, 6.45) is 2.51. The topological polar surface area (TPSA) is 103 Å². The second kappa shape index (κ2) is 14.0. The van der Waals surface area contributed by atoms with Crippen LogP contribution in [0.1, 0.15) is 12.0 Å². The molecule has 0 saturated carbocycles. The van der Waals surface area contributed by atoms with E-state index in [9.17, 15) is 9.18 Å². The minimum Gasteiger partial charge on any atom is -0.489 e. The van der Waals surface area contributed by atoms with Crippen molar-refractivity contribution in [1.29, 1.82) is 0 Å². The van der Waals surface area contributed by atoms with Crippen LogP contribution in [0.5, 0.6) is 28.7 Å². The zero-order chi connectivity index (χ0) is 30.3. The highest BCUT2D eigenvalue weighted by Gasteiger charge is 2.25. The van der Waals surface area contributed by atoms with E-state index in [2.05, 4.69) is 20.5 Å². The molecule has 2 aliphatic heterocycles. The second-order valence-electron chi connectivity index (χ2n) is 10.3. The predicted molar refractivity (Wildman–Crippen MR) is 164 cm³/mol. The average Bonchev–Trinajstić information content (AvgIpc) is 3.04. The predicted octanol–water partition coefficient (Wildman–Crippen LogP) is 6.01. The number of carbonyl (C=O) groups is 1. The van der Waals surface area contributed by atoms with Gasteiger partial charge in [0.1, 0.15) is 30.5 Å². The summed E-state index contributed by atoms with van der Waals surface area (Å²) < 4.78 is 43.0. The fourth-order valence-electron chi connectivity index (χ4n) is 5.00. The van der Waals surface area contributed by atoms with Crippen molar-refractivity contribution < 1.29 is 32.9 Å². The van der Waals surface area contributed by atoms with E-state index >= 15 is 0 Å². The van der Waals surface area contributed by atoms with Crippen molar-refractivity contribution in [2.24, 2.45) is 0 Å². The second-order valence-corrected chi connectivity index (χ2v) is 10.7. The number of rotatable bonds is 10. The van der Waals surface area contributed by atoms with Crippen LogP contribution in [0.3, 0.4) is 0 Å². The van der Waals surface area contributed by atoms with Gasteiger partial charge in [-0.3, -0.25) is 9.88 Å². The van der Waals surface area contributed by atoms with Crippen LogP contribution < -0.4 is 29.6 Å². The van der Waals surface area contributed by atoms with Gasteiger partial charge in [0.15, 0.2) is 11.5 Å². The SMILES string of the molecule is O=C(NCc1ccc(F)cc1)Nc1ccc(Oc2ccnc3cc(OCCCN4CCOCC4)c4c(c23)OCCO4)c(Cl)c1. The van der Waals surface area contributed by atoms with Crippen LogP contribution in [0.2, 0.25) is 5.02 Å². The molecular formula is C32H32ClFN4O6. The van der Waals surface area contributed by atoms with Crippen LogP contribution in [0.4, 0.5) is 14.9 Å². The number of urea groups is 1. The molecule has 1 fully saturated rings. The lowest BCUT2D eigenvalue weighted by Crippen LogP contribution is -2.37. The summed E-state index contributed by atoms with van der Waals surface area (Å²) in [6, 6.07) is 14.0. The third kappa shape index (κ3) is 7.24. The maximum Gasteiger partial charge on any atom is 0.319 e. The summed E-state index contributed by atoms with van der Waals surface area (Å²) in [5.41, 5.74) is 1.87. The molecule has 4 aromatic rings. The Bertz CT molecular complexity index is 1620. The molecule has 0 aliphatic carbocycles. The van der Waals surface area contributed by atoms with Gasteiger partial charge in [0.25, 0.3) is 0 Å². The van der Waals surface area contributed by atoms with E-state index in [1.54, 1.807) is 42.6 Å². The first kappa shape index (κ1) is 29.7. The largest absolute Gasteiger partial charge is 0.489 e. The average molecular weight is 623 g/mol. The number of hydrogen-bond acceptors (Lipinski definition) is 8. The Hall–Kier alpha value is -4.32. The van der Waals surface area contributed by atoms with Crippen molar-refractivity contribution >= 4 is 34.2 Å². The molecule has 0 unspecified atom stereocenters. The van der Waals surface area contributed by atoms with Crippen molar-refractivity contribution in [3.8, 4) is 28.7 Å². The number of morpholine rings is 1. The normalized spacial score (nSPS) is 14.7. The van der Waals surface area contributed by atoms with Crippen molar-refractivity contribution in [2.45, 2.75) is 13.0 Å². The van der Waals surface area contributed by atoms with Gasteiger partial charge in [-0.1, -0.05) is 23.7 Å². The number of benzene rings is 3. The summed E-state index contributed by atoms with van der Waals surface area (Å²) in [5, 5.41) is 6.40. The number of ether oxygens (including phenoxy) is 5. The number of amides is 2. The minimum atomic E-state index is -0.429. The summed E-state index contributed by atoms with van der Waals surface area (Å²) in [7, 11) is 0. The number of anilines is 1. The van der Waals surface area contributed by atoms with Crippen LogP contribution in [0.25, 0.3) is 10.9 Å². The molecule has 6 rings (SSSR count). The van der Waals surface area contributed by atoms with E-state index in [1.807, 2.05) is 6.07 Å².